The summed E-state index contributed by atoms with van der Waals surface area (Å²) in [7, 11) is -18.6. The Kier molecular flexibility index (Phi) is 14.0. The van der Waals surface area contributed by atoms with Gasteiger partial charge in [-0.05, 0) is 133 Å². The fourth-order valence-electron chi connectivity index (χ4n) is 7.75. The van der Waals surface area contributed by atoms with Gasteiger partial charge in [0.05, 0.1) is 33.5 Å². The van der Waals surface area contributed by atoms with Gasteiger partial charge in [-0.15, -0.1) is 15.3 Å². The molecule has 0 amide bonds. The van der Waals surface area contributed by atoms with E-state index in [1.54, 1.807) is 63.2 Å². The normalized spacial score (nSPS) is 12.7. The average Bonchev–Trinajstić information content (AvgIpc) is 3.28. The van der Waals surface area contributed by atoms with Gasteiger partial charge >= 0.3 is 10.4 Å². The average molecular weight is 1090 g/mol. The van der Waals surface area contributed by atoms with E-state index >= 15 is 0 Å². The van der Waals surface area contributed by atoms with Crippen LogP contribution in [0.5, 0.6) is 11.5 Å². The fraction of sp³-hybridized carbons (Fsp3) is 0.133. The van der Waals surface area contributed by atoms with Crippen molar-refractivity contribution in [2.45, 2.75) is 42.4 Å². The molecule has 23 nitrogen and oxygen atoms in total. The zero-order valence-electron chi connectivity index (χ0n) is 38.1. The van der Waals surface area contributed by atoms with E-state index in [2.05, 4.69) is 50.2 Å². The van der Waals surface area contributed by atoms with Crippen LogP contribution in [0.3, 0.4) is 0 Å². The molecule has 8 aromatic rings. The Morgan fingerprint density at radius 1 is 0.603 bits per heavy atom. The second kappa shape index (κ2) is 19.6. The highest BCUT2D eigenvalue weighted by Gasteiger charge is 2.24. The smallest absolute Gasteiger partial charge is 0.397 e. The summed E-state index contributed by atoms with van der Waals surface area (Å²) < 4.78 is 131. The number of rotatable bonds is 15. The summed E-state index contributed by atoms with van der Waals surface area (Å²) in [6.07, 6.45) is 0. The third kappa shape index (κ3) is 11.3. The zero-order chi connectivity index (χ0) is 52.9. The molecule has 0 fully saturated rings. The number of sulfone groups is 1. The van der Waals surface area contributed by atoms with E-state index in [1.165, 1.54) is 36.4 Å². The SMILES string of the molecule is Cc1ccc2c(S(=O)(=O)O)c(N=Nc3c(C)cc4c(C)c(N=Nc5c(C)cc6cc(S(=O)(=O)O)cc(Nc7nc(Cl)nc(Nc8cccc(S(=O)(=O)CCOS(=O)(=O)O)c8)n7)c6c5O)ccc4c3O)ccc2c1. The molecule has 0 radical (unpaired) electrons. The third-order valence-corrected chi connectivity index (χ3v) is 15.2. The monoisotopic (exact) mass is 1090 g/mol. The first-order valence-electron chi connectivity index (χ1n) is 20.9. The first-order valence-corrected chi connectivity index (χ1v) is 27.2. The number of nitrogens with zero attached hydrogens (tertiary/aromatic N) is 7. The molecule has 0 aliphatic carbocycles. The molecule has 0 unspecified atom stereocenters. The number of aromatic nitrogens is 3. The number of phenols is 2. The number of anilines is 4. The summed E-state index contributed by atoms with van der Waals surface area (Å²) in [4.78, 5) is 11.0. The van der Waals surface area contributed by atoms with Gasteiger partial charge in [-0.3, -0.25) is 13.7 Å². The van der Waals surface area contributed by atoms with Crippen LogP contribution < -0.4 is 10.6 Å². The maximum Gasteiger partial charge on any atom is 0.397 e. The van der Waals surface area contributed by atoms with Crippen LogP contribution in [0.15, 0.2) is 126 Å². The van der Waals surface area contributed by atoms with E-state index in [0.29, 0.717) is 38.5 Å². The number of aromatic hydroxyl groups is 2. The van der Waals surface area contributed by atoms with Crippen molar-refractivity contribution in [3.05, 3.63) is 119 Å². The molecule has 28 heteroatoms. The second-order valence-electron chi connectivity index (χ2n) is 16.2. The van der Waals surface area contributed by atoms with Crippen LogP contribution in [0.4, 0.5) is 46.0 Å². The molecule has 0 atom stereocenters. The molecular formula is C45H38ClN9O14S4. The molecule has 0 aliphatic heterocycles. The van der Waals surface area contributed by atoms with Crippen LogP contribution in [0.25, 0.3) is 32.3 Å². The van der Waals surface area contributed by atoms with Crippen molar-refractivity contribution in [2.24, 2.45) is 20.5 Å². The van der Waals surface area contributed by atoms with Gasteiger partial charge in [0, 0.05) is 21.8 Å². The topological polar surface area (TPSA) is 359 Å². The van der Waals surface area contributed by atoms with Crippen molar-refractivity contribution >= 4 is 130 Å². The Hall–Kier alpha value is -7.34. The molecule has 0 aliphatic rings. The van der Waals surface area contributed by atoms with Gasteiger partial charge in [0.25, 0.3) is 20.2 Å². The first kappa shape index (κ1) is 52.0. The summed E-state index contributed by atoms with van der Waals surface area (Å²) in [5.41, 5.74) is 2.23. The highest BCUT2D eigenvalue weighted by Crippen LogP contribution is 2.46. The number of aryl methyl sites for hydroxylation is 4. The zero-order valence-corrected chi connectivity index (χ0v) is 42.1. The number of fused-ring (bicyclic) bond motifs is 3. The lowest BCUT2D eigenvalue weighted by atomic mass is 9.99. The highest BCUT2D eigenvalue weighted by molar-refractivity contribution is 7.91. The Morgan fingerprint density at radius 2 is 1.25 bits per heavy atom. The van der Waals surface area contributed by atoms with Crippen LogP contribution >= 0.6 is 11.6 Å². The van der Waals surface area contributed by atoms with Gasteiger partial charge in [-0.25, -0.2) is 12.6 Å². The van der Waals surface area contributed by atoms with Gasteiger partial charge in [-0.1, -0.05) is 35.9 Å². The molecule has 8 rings (SSSR count). The van der Waals surface area contributed by atoms with Crippen molar-refractivity contribution in [3.8, 4) is 11.5 Å². The number of phenolic OH excluding ortho intramolecular Hbond substituents is 2. The van der Waals surface area contributed by atoms with E-state index in [4.69, 9.17) is 16.2 Å². The lowest BCUT2D eigenvalue weighted by Crippen LogP contribution is -2.15. The molecule has 1 heterocycles. The number of nitrogens with one attached hydrogen (secondary N) is 2. The highest BCUT2D eigenvalue weighted by atomic mass is 35.5. The van der Waals surface area contributed by atoms with Gasteiger partial charge in [0.15, 0.2) is 21.3 Å². The van der Waals surface area contributed by atoms with E-state index in [0.717, 1.165) is 17.7 Å². The second-order valence-corrected chi connectivity index (χ2v) is 22.6. The molecular weight excluding hydrogens is 1050 g/mol. The lowest BCUT2D eigenvalue weighted by molar-refractivity contribution is 0.284. The van der Waals surface area contributed by atoms with Crippen LogP contribution in [0.1, 0.15) is 22.3 Å². The number of halogens is 1. The van der Waals surface area contributed by atoms with Crippen molar-refractivity contribution in [1.82, 2.24) is 15.0 Å². The Balaban J connectivity index is 1.11. The van der Waals surface area contributed by atoms with Crippen molar-refractivity contribution < 1.29 is 61.7 Å². The minimum atomic E-state index is -4.88. The van der Waals surface area contributed by atoms with Crippen molar-refractivity contribution in [3.63, 3.8) is 0 Å². The molecule has 1 aromatic heterocycles. The van der Waals surface area contributed by atoms with E-state index in [9.17, 15) is 53.0 Å². The van der Waals surface area contributed by atoms with Gasteiger partial charge < -0.3 is 20.8 Å². The first-order chi connectivity index (χ1) is 34.2. The molecule has 0 saturated heterocycles. The molecule has 0 saturated carbocycles. The summed E-state index contributed by atoms with van der Waals surface area (Å²) in [5.74, 6) is -2.16. The largest absolute Gasteiger partial charge is 0.505 e. The van der Waals surface area contributed by atoms with E-state index in [1.807, 2.05) is 6.92 Å². The van der Waals surface area contributed by atoms with E-state index in [-0.39, 0.29) is 67.1 Å². The Morgan fingerprint density at radius 3 is 1.93 bits per heavy atom. The Labute approximate surface area is 420 Å². The summed E-state index contributed by atoms with van der Waals surface area (Å²) >= 11 is 6.25. The molecule has 0 bridgehead atoms. The minimum absolute atomic E-state index is 0.0292. The van der Waals surface area contributed by atoms with Crippen LogP contribution in [0.2, 0.25) is 5.28 Å². The third-order valence-electron chi connectivity index (χ3n) is 11.1. The van der Waals surface area contributed by atoms with E-state index < -0.39 is 73.7 Å². The van der Waals surface area contributed by atoms with Crippen LogP contribution in [-0.4, -0.2) is 84.9 Å². The molecule has 0 spiro atoms. The maximum atomic E-state index is 12.8. The Bertz CT molecular complexity index is 4160. The maximum absolute atomic E-state index is 12.8. The van der Waals surface area contributed by atoms with Gasteiger partial charge in [-0.2, -0.15) is 45.3 Å². The lowest BCUT2D eigenvalue weighted by Gasteiger charge is -2.15. The standard InChI is InChI=1S/C45H38ClN9O14S4/c1-22-8-10-31-26(16-22)9-12-35(42(31)72(63,64)65)53-54-38-24(3)18-33-25(4)34(13-11-32(33)40(38)56)52-55-39-23(2)17-27-19-30(71(60,61)62)21-36(37(27)41(39)57)48-45-50-43(46)49-44(51-45)47-28-6-5-7-29(20-28)70(58,59)15-14-69-73(66,67)68/h5-13,16-21,56-57H,14-15H2,1-4H3,(H,60,61,62)(H,63,64,65)(H,66,67,68)(H2,47,48,49,50,51). The quantitative estimate of drug-likeness (QED) is 0.0370. The molecule has 378 valence electrons. The number of hydrogen-bond donors (Lipinski definition) is 7. The minimum Gasteiger partial charge on any atom is -0.505 e. The van der Waals surface area contributed by atoms with Crippen molar-refractivity contribution in [1.29, 1.82) is 0 Å². The van der Waals surface area contributed by atoms with Crippen LogP contribution in [-0.2, 0) is 44.7 Å². The summed E-state index contributed by atoms with van der Waals surface area (Å²) in [6, 6.07) is 21.6. The van der Waals surface area contributed by atoms with Crippen LogP contribution in [0, 0.1) is 27.7 Å². The molecule has 73 heavy (non-hydrogen) atoms. The van der Waals surface area contributed by atoms with Crippen molar-refractivity contribution in [2.75, 3.05) is 23.0 Å². The summed E-state index contributed by atoms with van der Waals surface area (Å²) in [5, 5.41) is 47.4. The molecule has 7 aromatic carbocycles. The fourth-order valence-corrected chi connectivity index (χ4v) is 10.8. The van der Waals surface area contributed by atoms with Gasteiger partial charge in [0.2, 0.25) is 17.2 Å². The number of azo groups is 2. The van der Waals surface area contributed by atoms with Gasteiger partial charge in [0.1, 0.15) is 22.0 Å². The summed E-state index contributed by atoms with van der Waals surface area (Å²) in [6.45, 7) is 5.91. The molecule has 7 N–H and O–H groups in total. The predicted molar refractivity (Wildman–Crippen MR) is 270 cm³/mol. The number of hydrogen-bond acceptors (Lipinski definition) is 20. The predicted octanol–water partition coefficient (Wildman–Crippen LogP) is 10.0. The number of benzene rings is 7.